The molecule has 0 bridgehead atoms. The third-order valence-corrected chi connectivity index (χ3v) is 4.76. The topological polar surface area (TPSA) is 97.1 Å². The van der Waals surface area contributed by atoms with Crippen LogP contribution in [0.5, 0.6) is 0 Å². The van der Waals surface area contributed by atoms with E-state index in [-0.39, 0.29) is 24.1 Å². The standard InChI is InChI=1S/C20H20N4O3S/c1-13-7-6-8-14(2)18(13)22-16(25)11-21-17(26)12-28-20-24-23-19(27-20)15-9-4-3-5-10-15/h3-10H,11-12H2,1-2H3,(H,21,26)(H,22,25). The second-order valence-corrected chi connectivity index (χ2v) is 7.05. The van der Waals surface area contributed by atoms with E-state index in [4.69, 9.17) is 4.42 Å². The van der Waals surface area contributed by atoms with Gasteiger partial charge in [0, 0.05) is 11.3 Å². The zero-order valence-electron chi connectivity index (χ0n) is 15.6. The van der Waals surface area contributed by atoms with Crippen LogP contribution in [0.2, 0.25) is 0 Å². The van der Waals surface area contributed by atoms with Crippen LogP contribution in [0.3, 0.4) is 0 Å². The van der Waals surface area contributed by atoms with Crippen LogP contribution in [0, 0.1) is 13.8 Å². The van der Waals surface area contributed by atoms with Crippen molar-refractivity contribution in [3.05, 3.63) is 59.7 Å². The average molecular weight is 396 g/mol. The Morgan fingerprint density at radius 3 is 2.39 bits per heavy atom. The van der Waals surface area contributed by atoms with Crippen LogP contribution < -0.4 is 10.6 Å². The van der Waals surface area contributed by atoms with Crippen molar-refractivity contribution in [3.8, 4) is 11.5 Å². The van der Waals surface area contributed by atoms with Gasteiger partial charge < -0.3 is 15.1 Å². The maximum Gasteiger partial charge on any atom is 0.277 e. The number of anilines is 1. The smallest absolute Gasteiger partial charge is 0.277 e. The van der Waals surface area contributed by atoms with Crippen molar-refractivity contribution in [2.45, 2.75) is 19.1 Å². The molecule has 0 aliphatic rings. The van der Waals surface area contributed by atoms with Crippen molar-refractivity contribution in [2.75, 3.05) is 17.6 Å². The third-order valence-electron chi connectivity index (χ3n) is 3.95. The predicted molar refractivity (Wildman–Crippen MR) is 108 cm³/mol. The van der Waals surface area contributed by atoms with Gasteiger partial charge in [-0.25, -0.2) is 0 Å². The Hall–Kier alpha value is -3.13. The van der Waals surface area contributed by atoms with Crippen LogP contribution in [-0.2, 0) is 9.59 Å². The quantitative estimate of drug-likeness (QED) is 0.595. The van der Waals surface area contributed by atoms with Gasteiger partial charge in [-0.2, -0.15) is 0 Å². The van der Waals surface area contributed by atoms with Gasteiger partial charge in [-0.3, -0.25) is 9.59 Å². The zero-order chi connectivity index (χ0) is 19.9. The number of para-hydroxylation sites is 1. The van der Waals surface area contributed by atoms with Crippen molar-refractivity contribution in [1.29, 1.82) is 0 Å². The van der Waals surface area contributed by atoms with Crippen LogP contribution in [0.4, 0.5) is 5.69 Å². The van der Waals surface area contributed by atoms with E-state index < -0.39 is 0 Å². The van der Waals surface area contributed by atoms with Crippen molar-refractivity contribution < 1.29 is 14.0 Å². The van der Waals surface area contributed by atoms with Crippen LogP contribution in [0.1, 0.15) is 11.1 Å². The number of aromatic nitrogens is 2. The highest BCUT2D eigenvalue weighted by Crippen LogP contribution is 2.22. The summed E-state index contributed by atoms with van der Waals surface area (Å²) in [7, 11) is 0. The summed E-state index contributed by atoms with van der Waals surface area (Å²) in [5.41, 5.74) is 3.53. The summed E-state index contributed by atoms with van der Waals surface area (Å²) in [5, 5.41) is 13.6. The molecule has 0 radical (unpaired) electrons. The molecule has 7 nitrogen and oxygen atoms in total. The lowest BCUT2D eigenvalue weighted by atomic mass is 10.1. The number of hydrogen-bond donors (Lipinski definition) is 2. The van der Waals surface area contributed by atoms with E-state index in [1.54, 1.807) is 0 Å². The minimum Gasteiger partial charge on any atom is -0.411 e. The second kappa shape index (κ2) is 9.18. The first-order valence-corrected chi connectivity index (χ1v) is 9.66. The number of benzene rings is 2. The van der Waals surface area contributed by atoms with E-state index in [2.05, 4.69) is 20.8 Å². The van der Waals surface area contributed by atoms with Crippen molar-refractivity contribution in [1.82, 2.24) is 15.5 Å². The summed E-state index contributed by atoms with van der Waals surface area (Å²) < 4.78 is 5.53. The number of carbonyl (C=O) groups excluding carboxylic acids is 2. The molecule has 0 unspecified atom stereocenters. The largest absolute Gasteiger partial charge is 0.411 e. The molecule has 0 aliphatic carbocycles. The average Bonchev–Trinajstić information content (AvgIpc) is 3.17. The van der Waals surface area contributed by atoms with E-state index in [1.807, 2.05) is 62.4 Å². The van der Waals surface area contributed by atoms with E-state index in [0.717, 1.165) is 34.1 Å². The first-order chi connectivity index (χ1) is 13.5. The van der Waals surface area contributed by atoms with Crippen LogP contribution in [0.15, 0.2) is 58.2 Å². The molecule has 2 aromatic carbocycles. The van der Waals surface area contributed by atoms with E-state index in [0.29, 0.717) is 11.1 Å². The molecular weight excluding hydrogens is 376 g/mol. The number of thioether (sulfide) groups is 1. The molecule has 144 valence electrons. The van der Waals surface area contributed by atoms with Crippen LogP contribution in [-0.4, -0.2) is 34.3 Å². The molecule has 0 aliphatic heterocycles. The molecule has 0 fully saturated rings. The van der Waals surface area contributed by atoms with Crippen LogP contribution >= 0.6 is 11.8 Å². The third kappa shape index (κ3) is 5.20. The fraction of sp³-hybridized carbons (Fsp3) is 0.200. The number of nitrogens with one attached hydrogen (secondary N) is 2. The van der Waals surface area contributed by atoms with Gasteiger partial charge in [0.25, 0.3) is 5.22 Å². The Labute approximate surface area is 166 Å². The highest BCUT2D eigenvalue weighted by molar-refractivity contribution is 7.99. The molecule has 2 N–H and O–H groups in total. The van der Waals surface area contributed by atoms with E-state index in [1.165, 1.54) is 0 Å². The van der Waals surface area contributed by atoms with Gasteiger partial charge >= 0.3 is 0 Å². The summed E-state index contributed by atoms with van der Waals surface area (Å²) in [5.74, 6) is -0.0925. The number of amides is 2. The van der Waals surface area contributed by atoms with Crippen molar-refractivity contribution in [2.24, 2.45) is 0 Å². The van der Waals surface area contributed by atoms with Gasteiger partial charge in [-0.1, -0.05) is 48.2 Å². The highest BCUT2D eigenvalue weighted by atomic mass is 32.2. The van der Waals surface area contributed by atoms with Crippen molar-refractivity contribution >= 4 is 29.3 Å². The summed E-state index contributed by atoms with van der Waals surface area (Å²) >= 11 is 1.12. The Kier molecular flexibility index (Phi) is 6.44. The van der Waals surface area contributed by atoms with Gasteiger partial charge in [0.2, 0.25) is 17.7 Å². The molecule has 1 heterocycles. The molecule has 0 saturated carbocycles. The van der Waals surface area contributed by atoms with Crippen LogP contribution in [0.25, 0.3) is 11.5 Å². The van der Waals surface area contributed by atoms with Gasteiger partial charge in [0.15, 0.2) is 0 Å². The molecule has 0 spiro atoms. The number of nitrogens with zero attached hydrogens (tertiary/aromatic N) is 2. The van der Waals surface area contributed by atoms with Gasteiger partial charge in [0.1, 0.15) is 0 Å². The molecule has 3 rings (SSSR count). The molecule has 3 aromatic rings. The van der Waals surface area contributed by atoms with Gasteiger partial charge in [-0.05, 0) is 37.1 Å². The molecule has 8 heteroatoms. The zero-order valence-corrected chi connectivity index (χ0v) is 16.4. The minimum absolute atomic E-state index is 0.0765. The summed E-state index contributed by atoms with van der Waals surface area (Å²) in [6, 6.07) is 15.2. The lowest BCUT2D eigenvalue weighted by Gasteiger charge is -2.11. The van der Waals surface area contributed by atoms with Gasteiger partial charge in [-0.15, -0.1) is 10.2 Å². The monoisotopic (exact) mass is 396 g/mol. The number of carbonyl (C=O) groups is 2. The lowest BCUT2D eigenvalue weighted by molar-refractivity contribution is -0.122. The Balaban J connectivity index is 1.45. The maximum atomic E-state index is 12.1. The minimum atomic E-state index is -0.291. The molecule has 2 amide bonds. The number of rotatable bonds is 7. The number of hydrogen-bond acceptors (Lipinski definition) is 6. The maximum absolute atomic E-state index is 12.1. The first-order valence-electron chi connectivity index (χ1n) is 8.67. The normalized spacial score (nSPS) is 10.5. The summed E-state index contributed by atoms with van der Waals surface area (Å²) in [4.78, 5) is 24.1. The van der Waals surface area contributed by atoms with Gasteiger partial charge in [0.05, 0.1) is 12.3 Å². The number of aryl methyl sites for hydroxylation is 2. The molecule has 28 heavy (non-hydrogen) atoms. The second-order valence-electron chi connectivity index (χ2n) is 6.12. The molecule has 0 saturated heterocycles. The summed E-state index contributed by atoms with van der Waals surface area (Å²) in [6.07, 6.45) is 0. The Morgan fingerprint density at radius 1 is 0.964 bits per heavy atom. The van der Waals surface area contributed by atoms with E-state index >= 15 is 0 Å². The SMILES string of the molecule is Cc1cccc(C)c1NC(=O)CNC(=O)CSc1nnc(-c2ccccc2)o1. The van der Waals surface area contributed by atoms with E-state index in [9.17, 15) is 9.59 Å². The molecule has 0 atom stereocenters. The first kappa shape index (κ1) is 19.6. The lowest BCUT2D eigenvalue weighted by Crippen LogP contribution is -2.34. The molecular formula is C20H20N4O3S. The fourth-order valence-corrected chi connectivity index (χ4v) is 3.11. The fourth-order valence-electron chi connectivity index (χ4n) is 2.52. The Morgan fingerprint density at radius 2 is 1.68 bits per heavy atom. The predicted octanol–water partition coefficient (Wildman–Crippen LogP) is 3.20. The molecule has 1 aromatic heterocycles. The van der Waals surface area contributed by atoms with Crippen molar-refractivity contribution in [3.63, 3.8) is 0 Å². The Bertz CT molecular complexity index is 952. The summed E-state index contributed by atoms with van der Waals surface area (Å²) in [6.45, 7) is 3.74. The highest BCUT2D eigenvalue weighted by Gasteiger charge is 2.12.